The number of hydrogen-bond acceptors (Lipinski definition) is 6. The molecule has 104 valence electrons. The van der Waals surface area contributed by atoms with Gasteiger partial charge in [-0.15, -0.1) is 0 Å². The van der Waals surface area contributed by atoms with Gasteiger partial charge in [0.15, 0.2) is 0 Å². The highest BCUT2D eigenvalue weighted by atomic mass is 16.8. The molecule has 1 fully saturated rings. The predicted octanol–water partition coefficient (Wildman–Crippen LogP) is 0.702. The molecule has 2 unspecified atom stereocenters. The van der Waals surface area contributed by atoms with Crippen molar-refractivity contribution in [1.29, 1.82) is 0 Å². The fourth-order valence-corrected chi connectivity index (χ4v) is 1.78. The lowest BCUT2D eigenvalue weighted by atomic mass is 10.0. The molecular formula is C12H20O6. The van der Waals surface area contributed by atoms with Crippen LogP contribution in [-0.2, 0) is 19.1 Å². The van der Waals surface area contributed by atoms with Crippen molar-refractivity contribution >= 4 is 11.9 Å². The van der Waals surface area contributed by atoms with E-state index in [1.165, 1.54) is 0 Å². The average molecular weight is 260 g/mol. The summed E-state index contributed by atoms with van der Waals surface area (Å²) in [5.41, 5.74) is 0. The first-order chi connectivity index (χ1) is 8.45. The van der Waals surface area contributed by atoms with E-state index in [1.54, 1.807) is 0 Å². The van der Waals surface area contributed by atoms with Gasteiger partial charge in [0.05, 0.1) is 6.42 Å². The number of rotatable bonds is 4. The van der Waals surface area contributed by atoms with Crippen molar-refractivity contribution in [3.05, 3.63) is 0 Å². The zero-order chi connectivity index (χ0) is 13.6. The molecule has 0 aromatic rings. The summed E-state index contributed by atoms with van der Waals surface area (Å²) in [5, 5.41) is 18.7. The van der Waals surface area contributed by atoms with E-state index in [4.69, 9.17) is 14.6 Å². The van der Waals surface area contributed by atoms with E-state index >= 15 is 0 Å². The van der Waals surface area contributed by atoms with E-state index in [2.05, 4.69) is 0 Å². The van der Waals surface area contributed by atoms with E-state index in [0.29, 0.717) is 19.3 Å². The summed E-state index contributed by atoms with van der Waals surface area (Å²) in [6.07, 6.45) is 1.63. The fourth-order valence-electron chi connectivity index (χ4n) is 1.78. The van der Waals surface area contributed by atoms with Gasteiger partial charge in [0.25, 0.3) is 0 Å². The van der Waals surface area contributed by atoms with Gasteiger partial charge < -0.3 is 19.7 Å². The van der Waals surface area contributed by atoms with E-state index in [1.807, 2.05) is 6.92 Å². The second-order valence-corrected chi connectivity index (χ2v) is 4.69. The van der Waals surface area contributed by atoms with Crippen LogP contribution in [0, 0.1) is 5.92 Å². The minimum absolute atomic E-state index is 0.0184. The lowest BCUT2D eigenvalue weighted by Gasteiger charge is -2.26. The maximum atomic E-state index is 11.5. The molecule has 2 atom stereocenters. The molecule has 1 rings (SSSR count). The maximum absolute atomic E-state index is 11.5. The van der Waals surface area contributed by atoms with Gasteiger partial charge in [-0.25, -0.2) is 0 Å². The lowest BCUT2D eigenvalue weighted by Crippen LogP contribution is -2.39. The van der Waals surface area contributed by atoms with Crippen molar-refractivity contribution in [2.75, 3.05) is 6.61 Å². The maximum Gasteiger partial charge on any atom is 0.373 e. The van der Waals surface area contributed by atoms with Gasteiger partial charge in [-0.05, 0) is 25.2 Å². The van der Waals surface area contributed by atoms with Gasteiger partial charge >= 0.3 is 17.9 Å². The number of carbonyl (C=O) groups excluding carboxylic acids is 2. The van der Waals surface area contributed by atoms with Crippen molar-refractivity contribution in [1.82, 2.24) is 0 Å². The highest BCUT2D eigenvalue weighted by Gasteiger charge is 2.37. The van der Waals surface area contributed by atoms with E-state index < -0.39 is 17.9 Å². The highest BCUT2D eigenvalue weighted by molar-refractivity contribution is 5.73. The number of carbonyl (C=O) groups is 2. The Morgan fingerprint density at radius 2 is 1.94 bits per heavy atom. The molecule has 6 nitrogen and oxygen atoms in total. The van der Waals surface area contributed by atoms with Gasteiger partial charge in [-0.2, -0.15) is 0 Å². The Labute approximate surface area is 106 Å². The number of unbranched alkanes of at least 4 members (excludes halogenated alkanes) is 1. The number of cyclic esters (lactones) is 2. The van der Waals surface area contributed by atoms with Crippen molar-refractivity contribution in [2.24, 2.45) is 5.92 Å². The highest BCUT2D eigenvalue weighted by Crippen LogP contribution is 2.24. The Morgan fingerprint density at radius 1 is 1.28 bits per heavy atom. The van der Waals surface area contributed by atoms with Crippen LogP contribution in [0.4, 0.5) is 0 Å². The summed E-state index contributed by atoms with van der Waals surface area (Å²) in [7, 11) is 0. The molecule has 0 aliphatic carbocycles. The Bertz CT molecular complexity index is 303. The second kappa shape index (κ2) is 6.70. The van der Waals surface area contributed by atoms with E-state index in [-0.39, 0.29) is 31.8 Å². The third-order valence-corrected chi connectivity index (χ3v) is 2.80. The first-order valence-electron chi connectivity index (χ1n) is 6.22. The average Bonchev–Trinajstić information content (AvgIpc) is 2.29. The van der Waals surface area contributed by atoms with Gasteiger partial charge in [0, 0.05) is 19.4 Å². The molecule has 2 N–H and O–H groups in total. The van der Waals surface area contributed by atoms with Gasteiger partial charge in [0.2, 0.25) is 0 Å². The molecule has 0 aromatic carbocycles. The molecule has 1 aliphatic rings. The summed E-state index contributed by atoms with van der Waals surface area (Å²) >= 11 is 0. The molecule has 6 heteroatoms. The molecule has 0 spiro atoms. The summed E-state index contributed by atoms with van der Waals surface area (Å²) in [6.45, 7) is 1.81. The standard InChI is InChI=1S/C12H20O6/c1-9-4-5-10(14)17-12(16,6-2-3-7-13)18-11(15)8-9/h9,13,16H,2-8H2,1H3. The number of ether oxygens (including phenoxy) is 2. The fraction of sp³-hybridized carbons (Fsp3) is 0.833. The molecule has 0 aromatic heterocycles. The first-order valence-corrected chi connectivity index (χ1v) is 6.22. The minimum atomic E-state index is -2.19. The van der Waals surface area contributed by atoms with Gasteiger partial charge in [-0.1, -0.05) is 6.92 Å². The third-order valence-electron chi connectivity index (χ3n) is 2.80. The van der Waals surface area contributed by atoms with Crippen LogP contribution in [0.25, 0.3) is 0 Å². The van der Waals surface area contributed by atoms with Crippen LogP contribution in [0.1, 0.15) is 45.4 Å². The quantitative estimate of drug-likeness (QED) is 0.571. The Morgan fingerprint density at radius 3 is 2.61 bits per heavy atom. The molecule has 1 heterocycles. The van der Waals surface area contributed by atoms with Crippen LogP contribution in [0.15, 0.2) is 0 Å². The molecule has 18 heavy (non-hydrogen) atoms. The van der Waals surface area contributed by atoms with Crippen molar-refractivity contribution in [2.45, 2.75) is 51.4 Å². The minimum Gasteiger partial charge on any atom is -0.398 e. The molecule has 0 bridgehead atoms. The summed E-state index contributed by atoms with van der Waals surface area (Å²) < 4.78 is 9.65. The van der Waals surface area contributed by atoms with Crippen LogP contribution < -0.4 is 0 Å². The number of esters is 2. The molecular weight excluding hydrogens is 240 g/mol. The number of aliphatic hydroxyl groups is 2. The molecule has 1 aliphatic heterocycles. The molecule has 1 saturated heterocycles. The summed E-state index contributed by atoms with van der Waals surface area (Å²) in [5.74, 6) is -3.33. The topological polar surface area (TPSA) is 93.1 Å². The van der Waals surface area contributed by atoms with E-state index in [0.717, 1.165) is 0 Å². The Kier molecular flexibility index (Phi) is 5.55. The zero-order valence-electron chi connectivity index (χ0n) is 10.6. The Balaban J connectivity index is 2.67. The van der Waals surface area contributed by atoms with Gasteiger partial charge in [0.1, 0.15) is 0 Å². The third kappa shape index (κ3) is 5.01. The SMILES string of the molecule is CC1CCC(=O)OC(O)(CCCCO)OC(=O)C1. The second-order valence-electron chi connectivity index (χ2n) is 4.69. The number of aliphatic hydroxyl groups excluding tert-OH is 1. The smallest absolute Gasteiger partial charge is 0.373 e. The van der Waals surface area contributed by atoms with Crippen LogP contribution in [0.3, 0.4) is 0 Å². The lowest BCUT2D eigenvalue weighted by molar-refractivity contribution is -0.327. The van der Waals surface area contributed by atoms with Crippen LogP contribution in [0.5, 0.6) is 0 Å². The largest absolute Gasteiger partial charge is 0.398 e. The normalized spacial score (nSPS) is 29.8. The van der Waals surface area contributed by atoms with Crippen molar-refractivity contribution in [3.8, 4) is 0 Å². The first kappa shape index (κ1) is 14.9. The molecule has 0 amide bonds. The summed E-state index contributed by atoms with van der Waals surface area (Å²) in [6, 6.07) is 0. The number of hydrogen-bond donors (Lipinski definition) is 2. The van der Waals surface area contributed by atoms with Crippen LogP contribution >= 0.6 is 0 Å². The molecule has 0 saturated carbocycles. The molecule has 0 radical (unpaired) electrons. The van der Waals surface area contributed by atoms with Crippen LogP contribution in [0.2, 0.25) is 0 Å². The van der Waals surface area contributed by atoms with Crippen molar-refractivity contribution in [3.63, 3.8) is 0 Å². The van der Waals surface area contributed by atoms with Crippen LogP contribution in [-0.4, -0.2) is 34.7 Å². The van der Waals surface area contributed by atoms with Crippen molar-refractivity contribution < 1.29 is 29.3 Å². The monoisotopic (exact) mass is 260 g/mol. The predicted molar refractivity (Wildman–Crippen MR) is 61.1 cm³/mol. The van der Waals surface area contributed by atoms with Gasteiger partial charge in [-0.3, -0.25) is 9.59 Å². The zero-order valence-corrected chi connectivity index (χ0v) is 10.6. The van der Waals surface area contributed by atoms with E-state index in [9.17, 15) is 14.7 Å². The summed E-state index contributed by atoms with van der Waals surface area (Å²) in [4.78, 5) is 23.0. The Hall–Kier alpha value is -1.14.